The molecule has 2 heterocycles. The summed E-state index contributed by atoms with van der Waals surface area (Å²) in [5.41, 5.74) is 1.85. The maximum Gasteiger partial charge on any atom is 0.269 e. The maximum atomic E-state index is 12.4. The van der Waals surface area contributed by atoms with E-state index in [9.17, 15) is 4.79 Å². The molecule has 3 rings (SSSR count). The van der Waals surface area contributed by atoms with Crippen molar-refractivity contribution in [2.45, 2.75) is 18.9 Å². The van der Waals surface area contributed by atoms with Crippen molar-refractivity contribution >= 4 is 5.91 Å². The van der Waals surface area contributed by atoms with E-state index in [1.54, 1.807) is 31.1 Å². The number of ether oxygens (including phenoxy) is 1. The number of likely N-dealkylation sites (tertiary alicyclic amines) is 1. The van der Waals surface area contributed by atoms with Crippen molar-refractivity contribution in [3.8, 4) is 5.75 Å². The highest BCUT2D eigenvalue weighted by molar-refractivity contribution is 5.92. The zero-order chi connectivity index (χ0) is 17.8. The number of nitrogens with zero attached hydrogens (tertiary/aromatic N) is 3. The maximum absolute atomic E-state index is 12.4. The van der Waals surface area contributed by atoms with Crippen LogP contribution < -0.4 is 10.1 Å². The summed E-state index contributed by atoms with van der Waals surface area (Å²) in [6, 6.07) is 10.3. The number of nitrogens with one attached hydrogen (secondary N) is 1. The summed E-state index contributed by atoms with van der Waals surface area (Å²) >= 11 is 0. The number of hydrogen-bond donors (Lipinski definition) is 1. The Morgan fingerprint density at radius 1 is 1.28 bits per heavy atom. The lowest BCUT2D eigenvalue weighted by Crippen LogP contribution is -2.42. The zero-order valence-electron chi connectivity index (χ0n) is 15.1. The van der Waals surface area contributed by atoms with Gasteiger partial charge in [-0.1, -0.05) is 12.1 Å². The number of amides is 1. The van der Waals surface area contributed by atoms with Crippen LogP contribution in [0, 0.1) is 5.92 Å². The lowest BCUT2D eigenvalue weighted by Gasteiger charge is -2.39. The fourth-order valence-corrected chi connectivity index (χ4v) is 3.71. The molecule has 25 heavy (non-hydrogen) atoms. The van der Waals surface area contributed by atoms with Crippen LogP contribution in [0.5, 0.6) is 5.75 Å². The molecule has 0 unspecified atom stereocenters. The largest absolute Gasteiger partial charge is 0.497 e. The van der Waals surface area contributed by atoms with E-state index in [1.807, 2.05) is 12.1 Å². The minimum absolute atomic E-state index is 0.0679. The van der Waals surface area contributed by atoms with Gasteiger partial charge in [-0.3, -0.25) is 14.4 Å². The van der Waals surface area contributed by atoms with E-state index in [0.29, 0.717) is 24.2 Å². The molecule has 1 N–H and O–H groups in total. The van der Waals surface area contributed by atoms with Crippen molar-refractivity contribution in [2.75, 3.05) is 27.2 Å². The lowest BCUT2D eigenvalue weighted by atomic mass is 9.85. The van der Waals surface area contributed by atoms with Gasteiger partial charge in [0.05, 0.1) is 7.11 Å². The molecule has 1 aromatic carbocycles. The van der Waals surface area contributed by atoms with Gasteiger partial charge < -0.3 is 10.1 Å². The molecule has 0 radical (unpaired) electrons. The Hall–Kier alpha value is -2.34. The van der Waals surface area contributed by atoms with E-state index in [0.717, 1.165) is 25.1 Å². The molecule has 6 nitrogen and oxygen atoms in total. The minimum atomic E-state index is -0.0679. The van der Waals surface area contributed by atoms with Gasteiger partial charge in [-0.2, -0.15) is 5.10 Å². The molecule has 0 aliphatic carbocycles. The number of carbonyl (C=O) groups excluding carboxylic acids is 1. The van der Waals surface area contributed by atoms with Crippen LogP contribution in [0.1, 0.15) is 34.9 Å². The molecule has 6 heteroatoms. The molecule has 1 amide bonds. The van der Waals surface area contributed by atoms with Gasteiger partial charge in [0.15, 0.2) is 0 Å². The number of rotatable bonds is 5. The van der Waals surface area contributed by atoms with Crippen LogP contribution in [0.4, 0.5) is 0 Å². The number of carbonyl (C=O) groups is 1. The molecular formula is C19H26N4O2. The van der Waals surface area contributed by atoms with Crippen molar-refractivity contribution in [2.24, 2.45) is 13.0 Å². The van der Waals surface area contributed by atoms with Crippen molar-refractivity contribution in [1.29, 1.82) is 0 Å². The second-order valence-corrected chi connectivity index (χ2v) is 6.65. The first kappa shape index (κ1) is 17.5. The van der Waals surface area contributed by atoms with E-state index >= 15 is 0 Å². The Labute approximate surface area is 148 Å². The summed E-state index contributed by atoms with van der Waals surface area (Å²) < 4.78 is 6.86. The number of benzene rings is 1. The highest BCUT2D eigenvalue weighted by Crippen LogP contribution is 2.35. The molecule has 1 aromatic heterocycles. The van der Waals surface area contributed by atoms with Gasteiger partial charge in [0.1, 0.15) is 11.4 Å². The quantitative estimate of drug-likeness (QED) is 0.905. The molecule has 1 aliphatic heterocycles. The van der Waals surface area contributed by atoms with Crippen LogP contribution in [0.3, 0.4) is 0 Å². The van der Waals surface area contributed by atoms with Gasteiger partial charge in [0, 0.05) is 25.8 Å². The Bertz CT molecular complexity index is 710. The van der Waals surface area contributed by atoms with Gasteiger partial charge in [-0.25, -0.2) is 0 Å². The molecule has 0 bridgehead atoms. The summed E-state index contributed by atoms with van der Waals surface area (Å²) in [6.07, 6.45) is 3.89. The van der Waals surface area contributed by atoms with Crippen LogP contribution in [0.25, 0.3) is 0 Å². The molecule has 2 aromatic rings. The normalized spacial score (nSPS) is 21.1. The molecule has 0 spiro atoms. The van der Waals surface area contributed by atoms with Gasteiger partial charge in [-0.15, -0.1) is 0 Å². The minimum Gasteiger partial charge on any atom is -0.497 e. The molecule has 2 atom stereocenters. The molecule has 1 saturated heterocycles. The van der Waals surface area contributed by atoms with Gasteiger partial charge in [0.25, 0.3) is 5.91 Å². The first-order valence-electron chi connectivity index (χ1n) is 8.70. The number of aromatic nitrogens is 2. The van der Waals surface area contributed by atoms with E-state index in [1.165, 1.54) is 5.56 Å². The van der Waals surface area contributed by atoms with Gasteiger partial charge in [-0.05, 0) is 56.1 Å². The summed E-state index contributed by atoms with van der Waals surface area (Å²) in [6.45, 7) is 1.73. The average Bonchev–Trinajstić information content (AvgIpc) is 3.06. The van der Waals surface area contributed by atoms with Gasteiger partial charge >= 0.3 is 0 Å². The highest BCUT2D eigenvalue weighted by atomic mass is 16.5. The highest BCUT2D eigenvalue weighted by Gasteiger charge is 2.30. The molecule has 134 valence electrons. The van der Waals surface area contributed by atoms with E-state index in [-0.39, 0.29) is 5.91 Å². The van der Waals surface area contributed by atoms with Crippen molar-refractivity contribution < 1.29 is 9.53 Å². The van der Waals surface area contributed by atoms with Crippen molar-refractivity contribution in [3.05, 3.63) is 47.8 Å². The van der Waals surface area contributed by atoms with Crippen LogP contribution in [0.15, 0.2) is 36.5 Å². The predicted octanol–water partition coefficient (Wildman–Crippen LogP) is 2.24. The van der Waals surface area contributed by atoms with Crippen molar-refractivity contribution in [3.63, 3.8) is 0 Å². The molecule has 1 fully saturated rings. The fourth-order valence-electron chi connectivity index (χ4n) is 3.71. The smallest absolute Gasteiger partial charge is 0.269 e. The van der Waals surface area contributed by atoms with E-state index < -0.39 is 0 Å². The third kappa shape index (κ3) is 3.85. The molecular weight excluding hydrogens is 316 g/mol. The van der Waals surface area contributed by atoms with Crippen LogP contribution in [-0.4, -0.2) is 47.8 Å². The van der Waals surface area contributed by atoms with Crippen molar-refractivity contribution in [1.82, 2.24) is 20.0 Å². The monoisotopic (exact) mass is 342 g/mol. The predicted molar refractivity (Wildman–Crippen MR) is 96.6 cm³/mol. The van der Waals surface area contributed by atoms with Crippen LogP contribution >= 0.6 is 0 Å². The summed E-state index contributed by atoms with van der Waals surface area (Å²) in [7, 11) is 5.62. The summed E-state index contributed by atoms with van der Waals surface area (Å²) in [5, 5.41) is 7.15. The molecule has 0 saturated carbocycles. The SMILES string of the molecule is COc1ccc([C@H]2[C@@H](CNC(=O)c3ccnn3C)CCCN2C)cc1. The second-order valence-electron chi connectivity index (χ2n) is 6.65. The fraction of sp³-hybridized carbons (Fsp3) is 0.474. The topological polar surface area (TPSA) is 59.4 Å². The standard InChI is InChI=1S/C19H26N4O2/c1-22-12-4-5-15(13-20-19(24)17-10-11-21-23(17)2)18(22)14-6-8-16(25-3)9-7-14/h6-11,15,18H,4-5,12-13H2,1-3H3,(H,20,24)/t15-,18+/m1/s1. The first-order valence-corrected chi connectivity index (χ1v) is 8.70. The zero-order valence-corrected chi connectivity index (χ0v) is 15.1. The lowest BCUT2D eigenvalue weighted by molar-refractivity contribution is 0.0883. The summed E-state index contributed by atoms with van der Waals surface area (Å²) in [4.78, 5) is 14.8. The third-order valence-corrected chi connectivity index (χ3v) is 5.04. The Morgan fingerprint density at radius 3 is 2.68 bits per heavy atom. The number of hydrogen-bond acceptors (Lipinski definition) is 4. The number of methoxy groups -OCH3 is 1. The van der Waals surface area contributed by atoms with Crippen LogP contribution in [0.2, 0.25) is 0 Å². The second kappa shape index (κ2) is 7.70. The first-order chi connectivity index (χ1) is 12.1. The van der Waals surface area contributed by atoms with Crippen LogP contribution in [-0.2, 0) is 7.05 Å². The number of aryl methyl sites for hydroxylation is 1. The Balaban J connectivity index is 1.71. The Morgan fingerprint density at radius 2 is 2.04 bits per heavy atom. The Kier molecular flexibility index (Phi) is 5.38. The third-order valence-electron chi connectivity index (χ3n) is 5.04. The molecule has 1 aliphatic rings. The van der Waals surface area contributed by atoms with Gasteiger partial charge in [0.2, 0.25) is 0 Å². The summed E-state index contributed by atoms with van der Waals surface area (Å²) in [5.74, 6) is 1.18. The number of piperidine rings is 1. The van der Waals surface area contributed by atoms with E-state index in [2.05, 4.69) is 34.5 Å². The van der Waals surface area contributed by atoms with E-state index in [4.69, 9.17) is 4.74 Å². The average molecular weight is 342 g/mol.